The second kappa shape index (κ2) is 2.98. The fourth-order valence-electron chi connectivity index (χ4n) is 1.79. The number of hydrogen-bond acceptors (Lipinski definition) is 1. The third kappa shape index (κ3) is 1.23. The molecule has 1 heterocycles. The van der Waals surface area contributed by atoms with E-state index in [4.69, 9.17) is 0 Å². The molecule has 0 saturated carbocycles. The number of rotatable bonds is 0. The van der Waals surface area contributed by atoms with Gasteiger partial charge in [0.15, 0.2) is 0 Å². The number of carbonyl (C=O) groups is 1. The molecule has 0 atom stereocenters. The van der Waals surface area contributed by atoms with Gasteiger partial charge in [0.1, 0.15) is 0 Å². The topological polar surface area (TPSA) is 20.3 Å². The number of carbonyl (C=O) groups excluding carboxylic acids is 1. The van der Waals surface area contributed by atoms with Gasteiger partial charge in [0.2, 0.25) is 0 Å². The molecule has 1 aliphatic rings. The molecule has 2 heteroatoms. The summed E-state index contributed by atoms with van der Waals surface area (Å²) in [5.41, 5.74) is 3.97. The monoisotopic (exact) mass is 187 g/mol. The van der Waals surface area contributed by atoms with Gasteiger partial charge in [-0.15, -0.1) is 0 Å². The molecule has 0 bridgehead atoms. The van der Waals surface area contributed by atoms with Gasteiger partial charge in [-0.3, -0.25) is 4.79 Å². The smallest absolute Gasteiger partial charge is 0.254 e. The largest absolute Gasteiger partial charge is 0.337 e. The first-order valence-corrected chi connectivity index (χ1v) is 4.64. The molecule has 0 N–H and O–H groups in total. The van der Waals surface area contributed by atoms with E-state index in [1.54, 1.807) is 11.9 Å². The van der Waals surface area contributed by atoms with Crippen molar-refractivity contribution in [3.8, 4) is 0 Å². The van der Waals surface area contributed by atoms with Gasteiger partial charge >= 0.3 is 0 Å². The zero-order valence-corrected chi connectivity index (χ0v) is 8.50. The van der Waals surface area contributed by atoms with E-state index in [9.17, 15) is 4.79 Å². The Balaban J connectivity index is 2.61. The van der Waals surface area contributed by atoms with E-state index >= 15 is 0 Å². The molecule has 1 aliphatic heterocycles. The number of aryl methyl sites for hydroxylation is 1. The molecular formula is C12H13NO. The molecule has 2 nitrogen and oxygen atoms in total. The van der Waals surface area contributed by atoms with Gasteiger partial charge in [-0.1, -0.05) is 24.3 Å². The molecule has 0 aromatic heterocycles. The maximum Gasteiger partial charge on any atom is 0.254 e. The third-order valence-electron chi connectivity index (χ3n) is 2.56. The minimum absolute atomic E-state index is 0.0902. The number of likely N-dealkylation sites (N-methyl/N-ethyl adjacent to an activating group) is 1. The van der Waals surface area contributed by atoms with Crippen molar-refractivity contribution in [3.63, 3.8) is 0 Å². The van der Waals surface area contributed by atoms with E-state index in [0.29, 0.717) is 6.54 Å². The summed E-state index contributed by atoms with van der Waals surface area (Å²) in [6.45, 7) is 6.65. The second-order valence-electron chi connectivity index (χ2n) is 3.81. The molecule has 0 unspecified atom stereocenters. The number of amides is 1. The Hall–Kier alpha value is -1.57. The van der Waals surface area contributed by atoms with E-state index in [1.807, 2.05) is 25.1 Å². The molecule has 72 valence electrons. The summed E-state index contributed by atoms with van der Waals surface area (Å²) in [5.74, 6) is 0.0902. The van der Waals surface area contributed by atoms with Gasteiger partial charge in [-0.05, 0) is 24.1 Å². The van der Waals surface area contributed by atoms with E-state index in [0.717, 1.165) is 16.7 Å². The van der Waals surface area contributed by atoms with Crippen molar-refractivity contribution in [2.45, 2.75) is 6.92 Å². The van der Waals surface area contributed by atoms with E-state index in [1.165, 1.54) is 5.56 Å². The van der Waals surface area contributed by atoms with E-state index in [-0.39, 0.29) is 5.91 Å². The molecule has 0 fully saturated rings. The van der Waals surface area contributed by atoms with Crippen molar-refractivity contribution < 1.29 is 4.79 Å². The summed E-state index contributed by atoms with van der Waals surface area (Å²) < 4.78 is 0. The van der Waals surface area contributed by atoms with Crippen molar-refractivity contribution in [1.29, 1.82) is 0 Å². The van der Waals surface area contributed by atoms with Crippen LogP contribution in [0.5, 0.6) is 0 Å². The quantitative estimate of drug-likeness (QED) is 0.609. The highest BCUT2D eigenvalue weighted by atomic mass is 16.2. The Labute approximate surface area is 83.8 Å². The van der Waals surface area contributed by atoms with Gasteiger partial charge in [-0.25, -0.2) is 0 Å². The average Bonchev–Trinajstić information content (AvgIpc) is 2.14. The summed E-state index contributed by atoms with van der Waals surface area (Å²) in [6, 6.07) is 5.87. The van der Waals surface area contributed by atoms with Crippen LogP contribution >= 0.6 is 0 Å². The van der Waals surface area contributed by atoms with Crippen LogP contribution in [-0.2, 0) is 0 Å². The predicted octanol–water partition coefficient (Wildman–Crippen LogP) is 2.09. The molecule has 2 rings (SSSR count). The maximum absolute atomic E-state index is 11.8. The first kappa shape index (κ1) is 9.00. The molecular weight excluding hydrogens is 174 g/mol. The van der Waals surface area contributed by atoms with Gasteiger partial charge in [0.25, 0.3) is 5.91 Å². The van der Waals surface area contributed by atoms with Crippen LogP contribution in [0, 0.1) is 6.92 Å². The zero-order valence-electron chi connectivity index (χ0n) is 8.50. The first-order chi connectivity index (χ1) is 6.59. The van der Waals surface area contributed by atoms with Crippen LogP contribution in [0.4, 0.5) is 0 Å². The summed E-state index contributed by atoms with van der Waals surface area (Å²) in [5, 5.41) is 0. The standard InChI is InChI=1S/C12H13NO/c1-8-4-5-10-11(6-8)9(2)7-13(3)12(10)14/h4-6H,2,7H2,1,3H3. The lowest BCUT2D eigenvalue weighted by Gasteiger charge is -2.26. The summed E-state index contributed by atoms with van der Waals surface area (Å²) >= 11 is 0. The van der Waals surface area contributed by atoms with Crippen molar-refractivity contribution in [1.82, 2.24) is 4.90 Å². The lowest BCUT2D eigenvalue weighted by molar-refractivity contribution is 0.0805. The Bertz CT molecular complexity index is 420. The zero-order chi connectivity index (χ0) is 10.3. The Morgan fingerprint density at radius 3 is 2.79 bits per heavy atom. The molecule has 0 spiro atoms. The summed E-state index contributed by atoms with van der Waals surface area (Å²) in [4.78, 5) is 13.5. The average molecular weight is 187 g/mol. The second-order valence-corrected chi connectivity index (χ2v) is 3.81. The Morgan fingerprint density at radius 1 is 1.36 bits per heavy atom. The summed E-state index contributed by atoms with van der Waals surface area (Å²) in [7, 11) is 1.80. The minimum atomic E-state index is 0.0902. The van der Waals surface area contributed by atoms with Crippen LogP contribution in [0.1, 0.15) is 21.5 Å². The highest BCUT2D eigenvalue weighted by molar-refractivity contribution is 6.02. The molecule has 1 aromatic rings. The van der Waals surface area contributed by atoms with Gasteiger partial charge in [-0.2, -0.15) is 0 Å². The summed E-state index contributed by atoms with van der Waals surface area (Å²) in [6.07, 6.45) is 0. The van der Waals surface area contributed by atoms with Gasteiger partial charge in [0.05, 0.1) is 0 Å². The number of benzene rings is 1. The molecule has 0 radical (unpaired) electrons. The van der Waals surface area contributed by atoms with Gasteiger partial charge < -0.3 is 4.90 Å². The normalized spacial score (nSPS) is 15.7. The van der Waals surface area contributed by atoms with Crippen LogP contribution < -0.4 is 0 Å². The minimum Gasteiger partial charge on any atom is -0.337 e. The van der Waals surface area contributed by atoms with Crippen LogP contribution in [0.25, 0.3) is 5.57 Å². The van der Waals surface area contributed by atoms with Crippen LogP contribution in [0.3, 0.4) is 0 Å². The molecule has 14 heavy (non-hydrogen) atoms. The molecule has 1 aromatic carbocycles. The molecule has 0 aliphatic carbocycles. The van der Waals surface area contributed by atoms with Gasteiger partial charge in [0, 0.05) is 19.2 Å². The van der Waals surface area contributed by atoms with Crippen molar-refractivity contribution in [3.05, 3.63) is 41.5 Å². The van der Waals surface area contributed by atoms with E-state index < -0.39 is 0 Å². The van der Waals surface area contributed by atoms with E-state index in [2.05, 4.69) is 6.58 Å². The van der Waals surface area contributed by atoms with Crippen LogP contribution in [0.2, 0.25) is 0 Å². The van der Waals surface area contributed by atoms with Crippen molar-refractivity contribution >= 4 is 11.5 Å². The Morgan fingerprint density at radius 2 is 2.07 bits per heavy atom. The number of hydrogen-bond donors (Lipinski definition) is 0. The van der Waals surface area contributed by atoms with Crippen molar-refractivity contribution in [2.24, 2.45) is 0 Å². The molecule has 0 saturated heterocycles. The lowest BCUT2D eigenvalue weighted by Crippen LogP contribution is -2.33. The maximum atomic E-state index is 11.8. The number of nitrogens with zero attached hydrogens (tertiary/aromatic N) is 1. The third-order valence-corrected chi connectivity index (χ3v) is 2.56. The number of fused-ring (bicyclic) bond motifs is 1. The Kier molecular flexibility index (Phi) is 1.92. The van der Waals surface area contributed by atoms with Crippen molar-refractivity contribution in [2.75, 3.05) is 13.6 Å². The highest BCUT2D eigenvalue weighted by Gasteiger charge is 2.23. The fourth-order valence-corrected chi connectivity index (χ4v) is 1.79. The van der Waals surface area contributed by atoms with Crippen LogP contribution in [0.15, 0.2) is 24.8 Å². The lowest BCUT2D eigenvalue weighted by atomic mass is 9.94. The van der Waals surface area contributed by atoms with Crippen LogP contribution in [-0.4, -0.2) is 24.4 Å². The SMILES string of the molecule is C=C1CN(C)C(=O)c2ccc(C)cc21. The first-order valence-electron chi connectivity index (χ1n) is 4.64. The molecule has 1 amide bonds. The predicted molar refractivity (Wildman–Crippen MR) is 57.2 cm³/mol. The highest BCUT2D eigenvalue weighted by Crippen LogP contribution is 2.26. The fraction of sp³-hybridized carbons (Fsp3) is 0.250.